The van der Waals surface area contributed by atoms with E-state index >= 15 is 0 Å². The van der Waals surface area contributed by atoms with Crippen molar-refractivity contribution < 1.29 is 32.9 Å². The van der Waals surface area contributed by atoms with Gasteiger partial charge >= 0.3 is 5.97 Å². The quantitative estimate of drug-likeness (QED) is 0.342. The molecule has 0 saturated carbocycles. The summed E-state index contributed by atoms with van der Waals surface area (Å²) in [6.07, 6.45) is 1.19. The molecule has 3 aromatic rings. The molecule has 2 heterocycles. The molecule has 1 aliphatic heterocycles. The topological polar surface area (TPSA) is 82.9 Å². The van der Waals surface area contributed by atoms with E-state index in [1.165, 1.54) is 18.9 Å². The Morgan fingerprint density at radius 3 is 2.78 bits per heavy atom. The Labute approximate surface area is 217 Å². The van der Waals surface area contributed by atoms with Gasteiger partial charge in [0, 0.05) is 34.7 Å². The highest BCUT2D eigenvalue weighted by atomic mass is 32.2. The Morgan fingerprint density at radius 1 is 1.22 bits per heavy atom. The summed E-state index contributed by atoms with van der Waals surface area (Å²) in [5, 5.41) is 21.2. The van der Waals surface area contributed by atoms with Crippen LogP contribution in [0.4, 0.5) is 13.2 Å². The number of pyridine rings is 1. The van der Waals surface area contributed by atoms with E-state index in [9.17, 15) is 28.2 Å². The second kappa shape index (κ2) is 12.1. The van der Waals surface area contributed by atoms with Crippen molar-refractivity contribution >= 4 is 28.6 Å². The highest BCUT2D eigenvalue weighted by molar-refractivity contribution is 7.99. The van der Waals surface area contributed by atoms with Crippen LogP contribution in [0.2, 0.25) is 0 Å². The van der Waals surface area contributed by atoms with Crippen molar-refractivity contribution in [3.05, 3.63) is 65.6 Å². The van der Waals surface area contributed by atoms with Crippen LogP contribution < -0.4 is 4.74 Å². The number of fused-ring (bicyclic) bond motifs is 1. The van der Waals surface area contributed by atoms with Gasteiger partial charge in [0.05, 0.1) is 30.8 Å². The largest absolute Gasteiger partial charge is 0.497 e. The van der Waals surface area contributed by atoms with Gasteiger partial charge in [-0.25, -0.2) is 13.2 Å². The molecule has 4 rings (SSSR count). The van der Waals surface area contributed by atoms with Gasteiger partial charge in [-0.15, -0.1) is 11.8 Å². The van der Waals surface area contributed by atoms with Crippen LogP contribution in [0.3, 0.4) is 0 Å². The van der Waals surface area contributed by atoms with Crippen molar-refractivity contribution in [2.24, 2.45) is 11.8 Å². The number of carbonyl (C=O) groups is 1. The number of aliphatic hydroxyl groups excluding tert-OH is 1. The van der Waals surface area contributed by atoms with E-state index in [1.807, 2.05) is 4.90 Å². The number of ether oxygens (including phenoxy) is 1. The van der Waals surface area contributed by atoms with Crippen molar-refractivity contribution in [2.45, 2.75) is 30.3 Å². The number of thioether (sulfide) groups is 1. The van der Waals surface area contributed by atoms with E-state index in [-0.39, 0.29) is 22.8 Å². The van der Waals surface area contributed by atoms with Crippen LogP contribution in [-0.4, -0.2) is 58.6 Å². The maximum absolute atomic E-state index is 14.7. The fraction of sp³-hybridized carbons (Fsp3) is 0.407. The summed E-state index contributed by atoms with van der Waals surface area (Å²) in [4.78, 5) is 18.4. The molecule has 1 fully saturated rings. The number of hydrogen-bond acceptors (Lipinski definition) is 6. The normalized spacial score (nSPS) is 19.2. The maximum atomic E-state index is 14.7. The van der Waals surface area contributed by atoms with Gasteiger partial charge in [0.25, 0.3) is 0 Å². The Hall–Kier alpha value is -2.82. The van der Waals surface area contributed by atoms with E-state index in [0.29, 0.717) is 54.9 Å². The number of methoxy groups -OCH3 is 1. The third-order valence-corrected chi connectivity index (χ3v) is 7.94. The third kappa shape index (κ3) is 6.55. The number of hydrogen-bond donors (Lipinski definition) is 2. The van der Waals surface area contributed by atoms with E-state index in [1.54, 1.807) is 18.2 Å². The van der Waals surface area contributed by atoms with Gasteiger partial charge in [0.1, 0.15) is 23.2 Å². The predicted octanol–water partition coefficient (Wildman–Crippen LogP) is 5.29. The lowest BCUT2D eigenvalue weighted by atomic mass is 9.81. The monoisotopic (exact) mass is 534 g/mol. The standard InChI is InChI=1S/C27H29F3N2O4S/c1-36-18-4-6-23-19(13-18)26(22(30)14-31-23)24(33)7-2-16-8-9-32(15-20(16)27(34)35)10-11-37-25-12-17(28)3-5-21(25)29/h3-6,12-14,16,20,24,33H,2,7-11,15H2,1H3,(H,34,35). The molecule has 1 saturated heterocycles. The second-order valence-corrected chi connectivity index (χ2v) is 10.4. The first-order valence-corrected chi connectivity index (χ1v) is 13.1. The summed E-state index contributed by atoms with van der Waals surface area (Å²) in [6.45, 7) is 1.52. The summed E-state index contributed by atoms with van der Waals surface area (Å²) in [7, 11) is 1.50. The number of carboxylic acids is 1. The summed E-state index contributed by atoms with van der Waals surface area (Å²) in [5.74, 6) is -2.33. The van der Waals surface area contributed by atoms with Gasteiger partial charge in [-0.3, -0.25) is 9.78 Å². The highest BCUT2D eigenvalue weighted by Crippen LogP contribution is 2.35. The van der Waals surface area contributed by atoms with E-state index in [0.717, 1.165) is 24.4 Å². The zero-order chi connectivity index (χ0) is 26.5. The lowest BCUT2D eigenvalue weighted by Crippen LogP contribution is -2.44. The lowest BCUT2D eigenvalue weighted by Gasteiger charge is -2.37. The average Bonchev–Trinajstić information content (AvgIpc) is 2.89. The Bertz CT molecular complexity index is 1260. The molecule has 10 heteroatoms. The number of rotatable bonds is 10. The number of aromatic nitrogens is 1. The number of benzene rings is 2. The lowest BCUT2D eigenvalue weighted by molar-refractivity contribution is -0.146. The maximum Gasteiger partial charge on any atom is 0.308 e. The minimum absolute atomic E-state index is 0.134. The third-order valence-electron chi connectivity index (χ3n) is 6.93. The van der Waals surface area contributed by atoms with Gasteiger partial charge in [-0.05, 0) is 68.1 Å². The molecule has 37 heavy (non-hydrogen) atoms. The molecule has 2 aromatic carbocycles. The molecule has 2 N–H and O–H groups in total. The number of likely N-dealkylation sites (tertiary alicyclic amines) is 1. The van der Waals surface area contributed by atoms with Crippen LogP contribution in [0.15, 0.2) is 47.5 Å². The Kier molecular flexibility index (Phi) is 8.94. The van der Waals surface area contributed by atoms with Crippen LogP contribution >= 0.6 is 11.8 Å². The number of carboxylic acid groups (broad SMARTS) is 1. The zero-order valence-electron chi connectivity index (χ0n) is 20.4. The first kappa shape index (κ1) is 27.2. The first-order valence-electron chi connectivity index (χ1n) is 12.1. The van der Waals surface area contributed by atoms with Crippen LogP contribution in [0.25, 0.3) is 10.9 Å². The molecule has 0 aliphatic carbocycles. The summed E-state index contributed by atoms with van der Waals surface area (Å²) >= 11 is 1.20. The zero-order valence-corrected chi connectivity index (χ0v) is 21.2. The van der Waals surface area contributed by atoms with Crippen LogP contribution in [0.1, 0.15) is 30.9 Å². The average molecular weight is 535 g/mol. The number of nitrogens with zero attached hydrogens (tertiary/aromatic N) is 2. The molecule has 1 aromatic heterocycles. The number of piperidine rings is 1. The van der Waals surface area contributed by atoms with Gasteiger partial charge in [-0.2, -0.15) is 0 Å². The van der Waals surface area contributed by atoms with Crippen molar-refractivity contribution in [3.8, 4) is 5.75 Å². The number of aliphatic carboxylic acids is 1. The fourth-order valence-electron chi connectivity index (χ4n) is 4.92. The number of aliphatic hydroxyl groups is 1. The molecular weight excluding hydrogens is 505 g/mol. The summed E-state index contributed by atoms with van der Waals surface area (Å²) < 4.78 is 47.2. The summed E-state index contributed by atoms with van der Waals surface area (Å²) in [6, 6.07) is 8.36. The molecule has 1 aliphatic rings. The molecule has 0 bridgehead atoms. The molecule has 3 atom stereocenters. The fourth-order valence-corrected chi connectivity index (χ4v) is 5.89. The summed E-state index contributed by atoms with van der Waals surface area (Å²) in [5.41, 5.74) is 0.666. The van der Waals surface area contributed by atoms with Gasteiger partial charge < -0.3 is 19.8 Å². The molecule has 3 unspecified atom stereocenters. The second-order valence-electron chi connectivity index (χ2n) is 9.21. The van der Waals surface area contributed by atoms with Gasteiger partial charge in [0.2, 0.25) is 0 Å². The minimum atomic E-state index is -1.12. The van der Waals surface area contributed by atoms with Crippen molar-refractivity contribution in [1.82, 2.24) is 9.88 Å². The van der Waals surface area contributed by atoms with E-state index in [2.05, 4.69) is 4.98 Å². The van der Waals surface area contributed by atoms with Gasteiger partial charge in [-0.1, -0.05) is 0 Å². The van der Waals surface area contributed by atoms with E-state index < -0.39 is 35.4 Å². The number of halogens is 3. The first-order chi connectivity index (χ1) is 17.8. The van der Waals surface area contributed by atoms with Crippen LogP contribution in [0, 0.1) is 29.3 Å². The molecule has 0 amide bonds. The molecule has 6 nitrogen and oxygen atoms in total. The molecular formula is C27H29F3N2O4S. The SMILES string of the molecule is COc1ccc2ncc(F)c(C(O)CCC3CCN(CCSc4cc(F)ccc4F)CC3C(=O)O)c2c1. The van der Waals surface area contributed by atoms with Crippen LogP contribution in [-0.2, 0) is 4.79 Å². The highest BCUT2D eigenvalue weighted by Gasteiger charge is 2.34. The van der Waals surface area contributed by atoms with Gasteiger partial charge in [0.15, 0.2) is 0 Å². The molecule has 0 spiro atoms. The molecule has 198 valence electrons. The van der Waals surface area contributed by atoms with Crippen molar-refractivity contribution in [2.75, 3.05) is 32.5 Å². The predicted molar refractivity (Wildman–Crippen MR) is 135 cm³/mol. The van der Waals surface area contributed by atoms with E-state index in [4.69, 9.17) is 4.74 Å². The van der Waals surface area contributed by atoms with Crippen LogP contribution in [0.5, 0.6) is 5.75 Å². The van der Waals surface area contributed by atoms with Crippen molar-refractivity contribution in [1.29, 1.82) is 0 Å². The minimum Gasteiger partial charge on any atom is -0.497 e. The Morgan fingerprint density at radius 2 is 2.03 bits per heavy atom. The smallest absolute Gasteiger partial charge is 0.308 e. The van der Waals surface area contributed by atoms with Crippen molar-refractivity contribution in [3.63, 3.8) is 0 Å². The Balaban J connectivity index is 1.36. The molecule has 0 radical (unpaired) electrons.